The van der Waals surface area contributed by atoms with Crippen molar-refractivity contribution in [2.75, 3.05) is 0 Å². The summed E-state index contributed by atoms with van der Waals surface area (Å²) in [7, 11) is 0. The summed E-state index contributed by atoms with van der Waals surface area (Å²) in [5.41, 5.74) is -0.230. The second-order valence-corrected chi connectivity index (χ2v) is 8.11. The van der Waals surface area contributed by atoms with Crippen LogP contribution in [0.5, 0.6) is 5.75 Å². The van der Waals surface area contributed by atoms with Crippen LogP contribution in [0.4, 0.5) is 17.6 Å². The standard InChI is InChI=1S/C22H20ClF4N5O3/c1-3-30-19(11-33)29-32(21(30)34)14-7-13-9-28-31(10-15-16(23)5-4-6-17(15)24)20(13)18(8-14)35-12(2)22(25,26)27/h4-9,12,33H,3,10-11H2,1-2H3. The largest absolute Gasteiger partial charge is 0.479 e. The van der Waals surface area contributed by atoms with Crippen LogP contribution in [0.2, 0.25) is 5.02 Å². The Kier molecular flexibility index (Phi) is 6.60. The second-order valence-electron chi connectivity index (χ2n) is 7.70. The summed E-state index contributed by atoms with van der Waals surface area (Å²) >= 11 is 6.12. The first-order valence-electron chi connectivity index (χ1n) is 10.5. The number of hydrogen-bond acceptors (Lipinski definition) is 5. The van der Waals surface area contributed by atoms with Crippen molar-refractivity contribution in [1.29, 1.82) is 0 Å². The van der Waals surface area contributed by atoms with Crippen LogP contribution in [0.15, 0.2) is 41.3 Å². The fraction of sp³-hybridized carbons (Fsp3) is 0.318. The van der Waals surface area contributed by atoms with Gasteiger partial charge in [0.15, 0.2) is 11.9 Å². The van der Waals surface area contributed by atoms with E-state index in [0.29, 0.717) is 5.39 Å². The van der Waals surface area contributed by atoms with Crippen molar-refractivity contribution in [3.05, 3.63) is 69.2 Å². The quantitative estimate of drug-likeness (QED) is 0.377. The predicted molar refractivity (Wildman–Crippen MR) is 119 cm³/mol. The summed E-state index contributed by atoms with van der Waals surface area (Å²) in [6.07, 6.45) is -5.51. The van der Waals surface area contributed by atoms with Crippen LogP contribution in [0.3, 0.4) is 0 Å². The number of hydrogen-bond donors (Lipinski definition) is 1. The van der Waals surface area contributed by atoms with Gasteiger partial charge in [-0.3, -0.25) is 9.25 Å². The molecule has 13 heteroatoms. The van der Waals surface area contributed by atoms with E-state index in [1.54, 1.807) is 6.92 Å². The Balaban J connectivity index is 1.90. The van der Waals surface area contributed by atoms with E-state index in [4.69, 9.17) is 16.3 Å². The Morgan fingerprint density at radius 2 is 2.00 bits per heavy atom. The van der Waals surface area contributed by atoms with Crippen molar-refractivity contribution in [3.63, 3.8) is 0 Å². The van der Waals surface area contributed by atoms with Crippen molar-refractivity contribution in [2.24, 2.45) is 0 Å². The van der Waals surface area contributed by atoms with Crippen molar-refractivity contribution in [3.8, 4) is 11.4 Å². The van der Waals surface area contributed by atoms with Gasteiger partial charge in [-0.1, -0.05) is 17.7 Å². The SMILES string of the molecule is CCn1c(CO)nn(-c2cc(OC(C)C(F)(F)F)c3c(cnn3Cc3c(F)cccc3Cl)c2)c1=O. The highest BCUT2D eigenvalue weighted by atomic mass is 35.5. The Labute approximate surface area is 200 Å². The maximum atomic E-state index is 14.4. The number of aromatic nitrogens is 5. The van der Waals surface area contributed by atoms with Crippen LogP contribution in [0.25, 0.3) is 16.6 Å². The fourth-order valence-electron chi connectivity index (χ4n) is 3.64. The fourth-order valence-corrected chi connectivity index (χ4v) is 3.86. The first-order valence-corrected chi connectivity index (χ1v) is 10.9. The molecule has 4 rings (SSSR count). The molecule has 1 N–H and O–H groups in total. The monoisotopic (exact) mass is 513 g/mol. The molecule has 0 spiro atoms. The average molecular weight is 514 g/mol. The summed E-state index contributed by atoms with van der Waals surface area (Å²) in [5, 5.41) is 18.2. The molecule has 186 valence electrons. The highest BCUT2D eigenvalue weighted by Crippen LogP contribution is 2.34. The number of ether oxygens (including phenoxy) is 1. The highest BCUT2D eigenvalue weighted by molar-refractivity contribution is 6.31. The van der Waals surface area contributed by atoms with E-state index in [-0.39, 0.29) is 46.5 Å². The minimum atomic E-state index is -4.67. The molecule has 4 aromatic rings. The summed E-state index contributed by atoms with van der Waals surface area (Å²) in [6, 6.07) is 6.84. The van der Waals surface area contributed by atoms with E-state index < -0.39 is 30.4 Å². The van der Waals surface area contributed by atoms with Crippen molar-refractivity contribution < 1.29 is 27.4 Å². The maximum Gasteiger partial charge on any atom is 0.425 e. The first kappa shape index (κ1) is 24.7. The van der Waals surface area contributed by atoms with E-state index >= 15 is 0 Å². The van der Waals surface area contributed by atoms with E-state index in [2.05, 4.69) is 10.2 Å². The van der Waals surface area contributed by atoms with Crippen LogP contribution >= 0.6 is 11.6 Å². The van der Waals surface area contributed by atoms with Crippen molar-refractivity contribution >= 4 is 22.5 Å². The van der Waals surface area contributed by atoms with Gasteiger partial charge in [-0.15, -0.1) is 5.10 Å². The molecule has 1 unspecified atom stereocenters. The first-order chi connectivity index (χ1) is 16.5. The Bertz CT molecular complexity index is 1420. The molecule has 0 aliphatic rings. The molecule has 0 saturated heterocycles. The van der Waals surface area contributed by atoms with Gasteiger partial charge < -0.3 is 9.84 Å². The molecule has 0 bridgehead atoms. The minimum Gasteiger partial charge on any atom is -0.479 e. The molecule has 0 amide bonds. The number of benzene rings is 2. The van der Waals surface area contributed by atoms with Crippen LogP contribution in [0, 0.1) is 5.82 Å². The number of aliphatic hydroxyl groups is 1. The number of alkyl halides is 3. The smallest absolute Gasteiger partial charge is 0.425 e. The van der Waals surface area contributed by atoms with Gasteiger partial charge >= 0.3 is 11.9 Å². The van der Waals surface area contributed by atoms with Crippen LogP contribution < -0.4 is 10.4 Å². The van der Waals surface area contributed by atoms with Gasteiger partial charge in [0.05, 0.1) is 18.4 Å². The normalized spacial score (nSPS) is 12.9. The molecule has 0 aliphatic carbocycles. The van der Waals surface area contributed by atoms with Gasteiger partial charge in [-0.2, -0.15) is 23.0 Å². The molecule has 2 heterocycles. The number of rotatable bonds is 7. The zero-order valence-corrected chi connectivity index (χ0v) is 19.3. The van der Waals surface area contributed by atoms with E-state index in [1.807, 2.05) is 0 Å². The Morgan fingerprint density at radius 3 is 2.60 bits per heavy atom. The summed E-state index contributed by atoms with van der Waals surface area (Å²) < 4.78 is 63.1. The summed E-state index contributed by atoms with van der Waals surface area (Å²) in [4.78, 5) is 12.8. The molecular formula is C22H20ClF4N5O3. The number of fused-ring (bicyclic) bond motifs is 1. The lowest BCUT2D eigenvalue weighted by Crippen LogP contribution is -2.31. The lowest BCUT2D eigenvalue weighted by molar-refractivity contribution is -0.189. The Hall–Kier alpha value is -3.38. The number of aliphatic hydroxyl groups excluding tert-OH is 1. The predicted octanol–water partition coefficient (Wildman–Crippen LogP) is 4.07. The van der Waals surface area contributed by atoms with Crippen LogP contribution in [0.1, 0.15) is 25.2 Å². The average Bonchev–Trinajstić information content (AvgIpc) is 3.35. The van der Waals surface area contributed by atoms with Gasteiger partial charge in [0.25, 0.3) is 0 Å². The van der Waals surface area contributed by atoms with Gasteiger partial charge in [0, 0.05) is 28.6 Å². The topological polar surface area (TPSA) is 87.1 Å². The van der Waals surface area contributed by atoms with Crippen LogP contribution in [-0.2, 0) is 19.7 Å². The third-order valence-electron chi connectivity index (χ3n) is 5.46. The third kappa shape index (κ3) is 4.63. The molecular weight excluding hydrogens is 494 g/mol. The molecule has 0 aliphatic heterocycles. The number of nitrogens with zero attached hydrogens (tertiary/aromatic N) is 5. The third-order valence-corrected chi connectivity index (χ3v) is 5.81. The summed E-state index contributed by atoms with van der Waals surface area (Å²) in [5.74, 6) is -0.749. The van der Waals surface area contributed by atoms with Gasteiger partial charge in [-0.05, 0) is 32.0 Å². The zero-order chi connectivity index (χ0) is 25.5. The highest BCUT2D eigenvalue weighted by Gasteiger charge is 2.38. The molecule has 0 fully saturated rings. The van der Waals surface area contributed by atoms with Crippen LogP contribution in [-0.4, -0.2) is 41.5 Å². The Morgan fingerprint density at radius 1 is 1.26 bits per heavy atom. The number of halogens is 5. The van der Waals surface area contributed by atoms with Gasteiger partial charge in [0.1, 0.15) is 23.7 Å². The molecule has 1 atom stereocenters. The van der Waals surface area contributed by atoms with Gasteiger partial charge in [-0.25, -0.2) is 9.18 Å². The minimum absolute atomic E-state index is 0.0913. The maximum absolute atomic E-state index is 14.4. The van der Waals surface area contributed by atoms with Crippen molar-refractivity contribution in [2.45, 2.75) is 45.8 Å². The second kappa shape index (κ2) is 9.34. The van der Waals surface area contributed by atoms with E-state index in [0.717, 1.165) is 11.6 Å². The molecule has 8 nitrogen and oxygen atoms in total. The molecule has 2 aromatic heterocycles. The van der Waals surface area contributed by atoms with Gasteiger partial charge in [0.2, 0.25) is 0 Å². The zero-order valence-electron chi connectivity index (χ0n) is 18.6. The molecule has 2 aromatic carbocycles. The summed E-state index contributed by atoms with van der Waals surface area (Å²) in [6.45, 7) is 2.08. The molecule has 35 heavy (non-hydrogen) atoms. The van der Waals surface area contributed by atoms with Crippen molar-refractivity contribution in [1.82, 2.24) is 24.1 Å². The lowest BCUT2D eigenvalue weighted by atomic mass is 10.2. The molecule has 0 saturated carbocycles. The molecule has 0 radical (unpaired) electrons. The van der Waals surface area contributed by atoms with E-state index in [9.17, 15) is 27.5 Å². The lowest BCUT2D eigenvalue weighted by Gasteiger charge is -2.19. The van der Waals surface area contributed by atoms with E-state index in [1.165, 1.54) is 45.8 Å².